The minimum atomic E-state index is -1.07. The lowest BCUT2D eigenvalue weighted by Crippen LogP contribution is -2.55. The van der Waals surface area contributed by atoms with E-state index in [2.05, 4.69) is 25.9 Å². The topological polar surface area (TPSA) is 236 Å². The number of benzene rings is 3. The molecule has 0 aliphatic heterocycles. The Kier molecular flexibility index (Phi) is 13.9. The van der Waals surface area contributed by atoms with Gasteiger partial charge in [0.15, 0.2) is 11.9 Å². The number of phenols is 1. The van der Waals surface area contributed by atoms with Gasteiger partial charge in [-0.05, 0) is 48.1 Å². The molecule has 3 atom stereocenters. The normalized spacial score (nSPS) is 12.5. The van der Waals surface area contributed by atoms with Gasteiger partial charge in [0.05, 0.1) is 0 Å². The quantitative estimate of drug-likeness (QED) is 0.0582. The van der Waals surface area contributed by atoms with E-state index in [9.17, 15) is 19.5 Å². The molecule has 3 rings (SSSR count). The highest BCUT2D eigenvalue weighted by molar-refractivity contribution is 5.94. The van der Waals surface area contributed by atoms with Crippen LogP contribution in [0.2, 0.25) is 0 Å². The van der Waals surface area contributed by atoms with E-state index in [0.717, 1.165) is 11.1 Å². The zero-order chi connectivity index (χ0) is 33.3. The third kappa shape index (κ3) is 12.6. The van der Waals surface area contributed by atoms with E-state index < -0.39 is 29.9 Å². The van der Waals surface area contributed by atoms with E-state index in [4.69, 9.17) is 22.9 Å². The molecule has 244 valence electrons. The summed E-state index contributed by atoms with van der Waals surface area (Å²) in [5.41, 5.74) is 24.7. The fourth-order valence-corrected chi connectivity index (χ4v) is 4.70. The van der Waals surface area contributed by atoms with Crippen molar-refractivity contribution in [3.8, 4) is 5.75 Å². The number of carbonyl (C=O) groups excluding carboxylic acids is 3. The number of nitrogens with two attached hydrogens (primary N) is 4. The molecule has 3 amide bonds. The molecule has 0 saturated carbocycles. The van der Waals surface area contributed by atoms with Crippen LogP contribution in [-0.4, -0.2) is 66.0 Å². The van der Waals surface area contributed by atoms with Crippen LogP contribution >= 0.6 is 0 Å². The first-order valence-corrected chi connectivity index (χ1v) is 15.0. The van der Waals surface area contributed by atoms with Crippen LogP contribution in [0.25, 0.3) is 0 Å². The van der Waals surface area contributed by atoms with Crippen molar-refractivity contribution < 1.29 is 19.5 Å². The molecule has 0 bridgehead atoms. The highest BCUT2D eigenvalue weighted by Crippen LogP contribution is 2.13. The molecule has 13 nitrogen and oxygen atoms in total. The summed E-state index contributed by atoms with van der Waals surface area (Å²) in [6, 6.07) is 22.2. The van der Waals surface area contributed by atoms with Crippen LogP contribution in [0.5, 0.6) is 5.75 Å². The molecule has 0 saturated heterocycles. The number of phenolic OH excluding ortho intramolecular Hbond substituents is 1. The molecule has 0 aliphatic rings. The Hall–Kier alpha value is -5.59. The van der Waals surface area contributed by atoms with Crippen molar-refractivity contribution in [2.75, 3.05) is 13.1 Å². The predicted octanol–water partition coefficient (Wildman–Crippen LogP) is 0.202. The summed E-state index contributed by atoms with van der Waals surface area (Å²) in [7, 11) is 0. The first-order chi connectivity index (χ1) is 22.1. The Balaban J connectivity index is 1.78. The monoisotopic (exact) mass is 629 g/mol. The fraction of sp³-hybridized carbons (Fsp3) is 0.303. The molecule has 13 heteroatoms. The summed E-state index contributed by atoms with van der Waals surface area (Å²) in [5.74, 6) is -1.85. The molecule has 46 heavy (non-hydrogen) atoms. The molecular weight excluding hydrogens is 586 g/mol. The number of guanidine groups is 2. The minimum absolute atomic E-state index is 0.0678. The SMILES string of the molecule is NC(N)=NCCC[C@@H](NC(=O)[C@H](Cc1ccc(O)cc1)N=C(N)N)C(=O)N[C@@H](Cc1ccccc1)C(=O)NCCc1ccccc1. The van der Waals surface area contributed by atoms with Crippen LogP contribution in [0.4, 0.5) is 0 Å². The largest absolute Gasteiger partial charge is 0.508 e. The lowest BCUT2D eigenvalue weighted by molar-refractivity contribution is -0.132. The molecule has 0 radical (unpaired) electrons. The smallest absolute Gasteiger partial charge is 0.245 e. The number of aliphatic imine (C=N–C) groups is 2. The van der Waals surface area contributed by atoms with Gasteiger partial charge < -0.3 is 44.0 Å². The van der Waals surface area contributed by atoms with Gasteiger partial charge in [-0.2, -0.15) is 0 Å². The number of aromatic hydroxyl groups is 1. The fourth-order valence-electron chi connectivity index (χ4n) is 4.70. The average Bonchev–Trinajstić information content (AvgIpc) is 3.03. The van der Waals surface area contributed by atoms with Crippen molar-refractivity contribution in [1.29, 1.82) is 0 Å². The second-order valence-electron chi connectivity index (χ2n) is 10.7. The van der Waals surface area contributed by atoms with Crippen molar-refractivity contribution in [1.82, 2.24) is 16.0 Å². The van der Waals surface area contributed by atoms with E-state index in [1.165, 1.54) is 12.1 Å². The van der Waals surface area contributed by atoms with Crippen LogP contribution in [0.15, 0.2) is 94.9 Å². The van der Waals surface area contributed by atoms with Crippen LogP contribution < -0.4 is 38.9 Å². The first kappa shape index (κ1) is 34.9. The number of amides is 3. The highest BCUT2D eigenvalue weighted by atomic mass is 16.3. The maximum absolute atomic E-state index is 13.7. The van der Waals surface area contributed by atoms with Crippen LogP contribution in [-0.2, 0) is 33.6 Å². The molecular formula is C33H43N9O4. The molecule has 0 aromatic heterocycles. The summed E-state index contributed by atoms with van der Waals surface area (Å²) in [5, 5.41) is 18.1. The number of nitrogens with zero attached hydrogens (tertiary/aromatic N) is 2. The Bertz CT molecular complexity index is 1460. The summed E-state index contributed by atoms with van der Waals surface area (Å²) in [4.78, 5) is 48.7. The second kappa shape index (κ2) is 18.3. The summed E-state index contributed by atoms with van der Waals surface area (Å²) < 4.78 is 0. The van der Waals surface area contributed by atoms with Crippen molar-refractivity contribution in [3.05, 3.63) is 102 Å². The first-order valence-electron chi connectivity index (χ1n) is 15.0. The van der Waals surface area contributed by atoms with Gasteiger partial charge in [-0.1, -0.05) is 72.8 Å². The zero-order valence-electron chi connectivity index (χ0n) is 25.6. The number of carbonyl (C=O) groups is 3. The third-order valence-corrected chi connectivity index (χ3v) is 7.02. The molecule has 0 spiro atoms. The van der Waals surface area contributed by atoms with Crippen molar-refractivity contribution in [2.45, 2.75) is 50.2 Å². The molecule has 12 N–H and O–H groups in total. The Morgan fingerprint density at radius 3 is 1.87 bits per heavy atom. The van der Waals surface area contributed by atoms with E-state index in [0.29, 0.717) is 24.9 Å². The maximum Gasteiger partial charge on any atom is 0.245 e. The third-order valence-electron chi connectivity index (χ3n) is 7.02. The molecule has 0 unspecified atom stereocenters. The summed E-state index contributed by atoms with van der Waals surface area (Å²) in [6.07, 6.45) is 1.47. The Morgan fingerprint density at radius 1 is 0.674 bits per heavy atom. The predicted molar refractivity (Wildman–Crippen MR) is 178 cm³/mol. The lowest BCUT2D eigenvalue weighted by atomic mass is 10.0. The Labute approximate surface area is 268 Å². The summed E-state index contributed by atoms with van der Waals surface area (Å²) >= 11 is 0. The van der Waals surface area contributed by atoms with E-state index >= 15 is 0 Å². The lowest BCUT2D eigenvalue weighted by Gasteiger charge is -2.24. The Morgan fingerprint density at radius 2 is 1.26 bits per heavy atom. The number of hydrogen-bond acceptors (Lipinski definition) is 6. The van der Waals surface area contributed by atoms with Crippen molar-refractivity contribution in [2.24, 2.45) is 32.9 Å². The summed E-state index contributed by atoms with van der Waals surface area (Å²) in [6.45, 7) is 0.598. The van der Waals surface area contributed by atoms with Gasteiger partial charge >= 0.3 is 0 Å². The maximum atomic E-state index is 13.7. The molecule has 0 heterocycles. The van der Waals surface area contributed by atoms with Gasteiger partial charge in [0, 0.05) is 25.9 Å². The molecule has 0 fully saturated rings. The molecule has 3 aromatic rings. The number of nitrogens with one attached hydrogen (secondary N) is 3. The van der Waals surface area contributed by atoms with Crippen molar-refractivity contribution in [3.63, 3.8) is 0 Å². The van der Waals surface area contributed by atoms with Crippen molar-refractivity contribution >= 4 is 29.6 Å². The van der Waals surface area contributed by atoms with Crippen LogP contribution in [0.3, 0.4) is 0 Å². The van der Waals surface area contributed by atoms with Gasteiger partial charge in [0.2, 0.25) is 17.7 Å². The highest BCUT2D eigenvalue weighted by Gasteiger charge is 2.29. The van der Waals surface area contributed by atoms with E-state index in [1.54, 1.807) is 12.1 Å². The standard InChI is InChI=1S/C33H43N9O4/c34-32(35)39-18-7-12-26(40-31(46)28(42-33(36)37)21-24-13-15-25(43)16-14-24)30(45)41-27(20-23-10-5-2-6-11-23)29(44)38-19-17-22-8-3-1-4-9-22/h1-6,8-11,13-16,26-28,43H,7,12,17-21H2,(H,38,44)(H,40,46)(H,41,45)(H4,34,35,39)(H4,36,37,42)/t26-,27+,28+/m1/s1. The van der Waals surface area contributed by atoms with Crippen LogP contribution in [0.1, 0.15) is 29.5 Å². The second-order valence-corrected chi connectivity index (χ2v) is 10.7. The van der Waals surface area contributed by atoms with E-state index in [-0.39, 0.29) is 49.4 Å². The van der Waals surface area contributed by atoms with Gasteiger partial charge in [0.1, 0.15) is 23.9 Å². The van der Waals surface area contributed by atoms with Gasteiger partial charge in [-0.3, -0.25) is 19.4 Å². The van der Waals surface area contributed by atoms with Crippen LogP contribution in [0, 0.1) is 0 Å². The molecule has 3 aromatic carbocycles. The van der Waals surface area contributed by atoms with Gasteiger partial charge in [0.25, 0.3) is 0 Å². The van der Waals surface area contributed by atoms with Gasteiger partial charge in [-0.15, -0.1) is 0 Å². The minimum Gasteiger partial charge on any atom is -0.508 e. The average molecular weight is 630 g/mol. The van der Waals surface area contributed by atoms with E-state index in [1.807, 2.05) is 60.7 Å². The van der Waals surface area contributed by atoms with Gasteiger partial charge in [-0.25, -0.2) is 4.99 Å². The number of rotatable bonds is 17. The molecule has 0 aliphatic carbocycles. The number of hydrogen-bond donors (Lipinski definition) is 8. The zero-order valence-corrected chi connectivity index (χ0v) is 25.6.